The van der Waals surface area contributed by atoms with Gasteiger partial charge in [0.25, 0.3) is 5.91 Å². The molecule has 0 aromatic heterocycles. The van der Waals surface area contributed by atoms with Crippen LogP contribution in [0.2, 0.25) is 0 Å². The molecule has 0 bridgehead atoms. The Morgan fingerprint density at radius 2 is 1.91 bits per heavy atom. The predicted octanol–water partition coefficient (Wildman–Crippen LogP) is 1.95. The van der Waals surface area contributed by atoms with E-state index in [2.05, 4.69) is 10.2 Å². The highest BCUT2D eigenvalue weighted by molar-refractivity contribution is 5.94. The number of hydrogen-bond acceptors (Lipinski definition) is 3. The third-order valence-corrected chi connectivity index (χ3v) is 5.05. The van der Waals surface area contributed by atoms with Gasteiger partial charge < -0.3 is 10.1 Å². The Morgan fingerprint density at radius 3 is 2.61 bits per heavy atom. The molecule has 1 amide bonds. The summed E-state index contributed by atoms with van der Waals surface area (Å²) in [4.78, 5) is 14.6. The second-order valence-corrected chi connectivity index (χ2v) is 6.88. The minimum atomic E-state index is -0.736. The SMILES string of the molecule is O=C(N[C@@H]1C[C@H]2CO[C@@H](C3CC3)CN2C1)c1cc(F)cc(F)c1. The topological polar surface area (TPSA) is 41.6 Å². The van der Waals surface area contributed by atoms with Gasteiger partial charge in [-0.05, 0) is 37.3 Å². The summed E-state index contributed by atoms with van der Waals surface area (Å²) in [5.74, 6) is -1.19. The van der Waals surface area contributed by atoms with Crippen molar-refractivity contribution >= 4 is 5.91 Å². The van der Waals surface area contributed by atoms with Crippen molar-refractivity contribution in [2.24, 2.45) is 5.92 Å². The van der Waals surface area contributed by atoms with E-state index < -0.39 is 17.5 Å². The maximum atomic E-state index is 13.2. The molecule has 2 saturated heterocycles. The minimum Gasteiger partial charge on any atom is -0.375 e. The highest BCUT2D eigenvalue weighted by atomic mass is 19.1. The van der Waals surface area contributed by atoms with Crippen LogP contribution in [0.4, 0.5) is 8.78 Å². The lowest BCUT2D eigenvalue weighted by atomic mass is 10.1. The number of carbonyl (C=O) groups is 1. The van der Waals surface area contributed by atoms with Gasteiger partial charge in [0.1, 0.15) is 11.6 Å². The summed E-state index contributed by atoms with van der Waals surface area (Å²) >= 11 is 0. The number of fused-ring (bicyclic) bond motifs is 1. The number of carbonyl (C=O) groups excluding carboxylic acids is 1. The Hall–Kier alpha value is -1.53. The van der Waals surface area contributed by atoms with E-state index in [0.717, 1.165) is 37.7 Å². The first-order valence-corrected chi connectivity index (χ1v) is 8.21. The Kier molecular flexibility index (Phi) is 3.81. The van der Waals surface area contributed by atoms with Crippen LogP contribution in [0, 0.1) is 17.6 Å². The smallest absolute Gasteiger partial charge is 0.251 e. The third kappa shape index (κ3) is 3.23. The molecular weight excluding hydrogens is 302 g/mol. The summed E-state index contributed by atoms with van der Waals surface area (Å²) in [5, 5.41) is 2.90. The largest absolute Gasteiger partial charge is 0.375 e. The molecule has 1 aromatic rings. The molecule has 0 radical (unpaired) electrons. The number of nitrogens with one attached hydrogen (secondary N) is 1. The van der Waals surface area contributed by atoms with E-state index in [1.807, 2.05) is 0 Å². The van der Waals surface area contributed by atoms with Gasteiger partial charge in [0.15, 0.2) is 0 Å². The summed E-state index contributed by atoms with van der Waals surface area (Å²) < 4.78 is 32.4. The lowest BCUT2D eigenvalue weighted by Crippen LogP contribution is -2.47. The second kappa shape index (κ2) is 5.83. The van der Waals surface area contributed by atoms with Crippen LogP contribution in [-0.2, 0) is 4.74 Å². The number of morpholine rings is 1. The summed E-state index contributed by atoms with van der Waals surface area (Å²) in [6.07, 6.45) is 3.67. The molecule has 1 saturated carbocycles. The van der Waals surface area contributed by atoms with Crippen molar-refractivity contribution in [2.75, 3.05) is 19.7 Å². The average Bonchev–Trinajstić information content (AvgIpc) is 3.26. The maximum absolute atomic E-state index is 13.2. The van der Waals surface area contributed by atoms with Gasteiger partial charge in [-0.25, -0.2) is 8.78 Å². The van der Waals surface area contributed by atoms with Crippen molar-refractivity contribution in [3.05, 3.63) is 35.4 Å². The zero-order chi connectivity index (χ0) is 16.0. The van der Waals surface area contributed by atoms with E-state index in [-0.39, 0.29) is 11.6 Å². The van der Waals surface area contributed by atoms with Crippen molar-refractivity contribution in [3.63, 3.8) is 0 Å². The summed E-state index contributed by atoms with van der Waals surface area (Å²) in [6.45, 7) is 2.42. The van der Waals surface area contributed by atoms with Crippen molar-refractivity contribution in [2.45, 2.75) is 37.5 Å². The van der Waals surface area contributed by atoms with Crippen LogP contribution in [0.1, 0.15) is 29.6 Å². The molecule has 6 heteroatoms. The number of halogens is 2. The van der Waals surface area contributed by atoms with Gasteiger partial charge in [-0.3, -0.25) is 9.69 Å². The van der Waals surface area contributed by atoms with Crippen LogP contribution in [-0.4, -0.2) is 48.7 Å². The van der Waals surface area contributed by atoms with E-state index in [1.54, 1.807) is 0 Å². The highest BCUT2D eigenvalue weighted by Crippen LogP contribution is 2.37. The molecule has 3 atom stereocenters. The second-order valence-electron chi connectivity index (χ2n) is 6.88. The van der Waals surface area contributed by atoms with Crippen molar-refractivity contribution < 1.29 is 18.3 Å². The molecule has 2 aliphatic heterocycles. The molecule has 1 aliphatic carbocycles. The lowest BCUT2D eigenvalue weighted by molar-refractivity contribution is -0.0581. The molecule has 2 heterocycles. The van der Waals surface area contributed by atoms with Gasteiger partial charge in [0.2, 0.25) is 0 Å². The Balaban J connectivity index is 1.37. The minimum absolute atomic E-state index is 0.000353. The molecule has 4 nitrogen and oxygen atoms in total. The summed E-state index contributed by atoms with van der Waals surface area (Å²) in [6, 6.07) is 3.22. The van der Waals surface area contributed by atoms with Crippen LogP contribution >= 0.6 is 0 Å². The fourth-order valence-electron chi connectivity index (χ4n) is 3.71. The molecule has 4 rings (SSSR count). The van der Waals surface area contributed by atoms with Crippen molar-refractivity contribution in [1.29, 1.82) is 0 Å². The van der Waals surface area contributed by atoms with Gasteiger partial charge >= 0.3 is 0 Å². The first-order valence-electron chi connectivity index (χ1n) is 8.21. The third-order valence-electron chi connectivity index (χ3n) is 5.05. The van der Waals surface area contributed by atoms with Crippen LogP contribution in [0.15, 0.2) is 18.2 Å². The zero-order valence-corrected chi connectivity index (χ0v) is 12.8. The summed E-state index contributed by atoms with van der Waals surface area (Å²) in [7, 11) is 0. The molecule has 23 heavy (non-hydrogen) atoms. The van der Waals surface area contributed by atoms with Crippen LogP contribution in [0.5, 0.6) is 0 Å². The Bertz CT molecular complexity index is 600. The van der Waals surface area contributed by atoms with E-state index in [4.69, 9.17) is 4.74 Å². The molecule has 3 aliphatic rings. The van der Waals surface area contributed by atoms with Crippen LogP contribution in [0.25, 0.3) is 0 Å². The van der Waals surface area contributed by atoms with E-state index in [0.29, 0.717) is 24.7 Å². The van der Waals surface area contributed by atoms with Gasteiger partial charge in [0, 0.05) is 36.8 Å². The quantitative estimate of drug-likeness (QED) is 0.925. The van der Waals surface area contributed by atoms with E-state index in [1.165, 1.54) is 12.8 Å². The molecular formula is C17H20F2N2O2. The predicted molar refractivity (Wildman–Crippen MR) is 80.1 cm³/mol. The first kappa shape index (κ1) is 15.0. The Morgan fingerprint density at radius 1 is 1.17 bits per heavy atom. The van der Waals surface area contributed by atoms with Gasteiger partial charge in [-0.2, -0.15) is 0 Å². The fraction of sp³-hybridized carbons (Fsp3) is 0.588. The maximum Gasteiger partial charge on any atom is 0.251 e. The van der Waals surface area contributed by atoms with Gasteiger partial charge in [0.05, 0.1) is 12.7 Å². The number of rotatable bonds is 3. The van der Waals surface area contributed by atoms with Crippen molar-refractivity contribution in [1.82, 2.24) is 10.2 Å². The highest BCUT2D eigenvalue weighted by Gasteiger charge is 2.42. The van der Waals surface area contributed by atoms with Gasteiger partial charge in [-0.1, -0.05) is 0 Å². The number of nitrogens with zero attached hydrogens (tertiary/aromatic N) is 1. The van der Waals surface area contributed by atoms with E-state index in [9.17, 15) is 13.6 Å². The molecule has 0 spiro atoms. The number of benzene rings is 1. The van der Waals surface area contributed by atoms with Crippen LogP contribution in [0.3, 0.4) is 0 Å². The standard InChI is InChI=1S/C17H20F2N2O2/c18-12-3-11(4-13(19)5-12)17(22)20-14-6-15-9-23-16(10-1-2-10)8-21(15)7-14/h3-5,10,14-16H,1-2,6-9H2,(H,20,22)/t14-,15+,16-/m1/s1. The van der Waals surface area contributed by atoms with E-state index >= 15 is 0 Å². The molecule has 124 valence electrons. The summed E-state index contributed by atoms with van der Waals surface area (Å²) in [5.41, 5.74) is 0.0273. The number of amides is 1. The molecule has 3 fully saturated rings. The average molecular weight is 322 g/mol. The normalized spacial score (nSPS) is 31.0. The zero-order valence-electron chi connectivity index (χ0n) is 12.8. The number of hydrogen-bond donors (Lipinski definition) is 1. The first-order chi connectivity index (χ1) is 11.1. The molecule has 0 unspecified atom stereocenters. The fourth-order valence-corrected chi connectivity index (χ4v) is 3.71. The van der Waals surface area contributed by atoms with Gasteiger partial charge in [-0.15, -0.1) is 0 Å². The Labute approximate surface area is 133 Å². The van der Waals surface area contributed by atoms with Crippen LogP contribution < -0.4 is 5.32 Å². The number of ether oxygens (including phenoxy) is 1. The molecule has 1 N–H and O–H groups in total. The monoisotopic (exact) mass is 322 g/mol. The van der Waals surface area contributed by atoms with Crippen molar-refractivity contribution in [3.8, 4) is 0 Å². The lowest BCUT2D eigenvalue weighted by Gasteiger charge is -2.35. The molecule has 1 aromatic carbocycles.